The van der Waals surface area contributed by atoms with Crippen LogP contribution in [0.2, 0.25) is 0 Å². The summed E-state index contributed by atoms with van der Waals surface area (Å²) in [5.74, 6) is 6.21. The highest BCUT2D eigenvalue weighted by Crippen LogP contribution is 2.09. The molecule has 118 valence electrons. The SMILES string of the molecule is N#Cc1cccnc1-n1cnc(N(N)Cc2ccccc2)nc1=O. The molecule has 24 heavy (non-hydrogen) atoms. The molecule has 2 heterocycles. The standard InChI is InChI=1S/C16H13N7O/c17-9-13-7-4-8-19-14(13)22-11-20-15(21-16(22)24)23(18)10-12-5-2-1-3-6-12/h1-8,11H,10,18H2. The van der Waals surface area contributed by atoms with Crippen molar-refractivity contribution in [2.45, 2.75) is 6.54 Å². The molecule has 0 spiro atoms. The first-order chi connectivity index (χ1) is 11.7. The van der Waals surface area contributed by atoms with Crippen LogP contribution in [0, 0.1) is 11.3 Å². The quantitative estimate of drug-likeness (QED) is 0.558. The molecule has 0 aliphatic rings. The van der Waals surface area contributed by atoms with Gasteiger partial charge in [0.25, 0.3) is 0 Å². The third-order valence-electron chi connectivity index (χ3n) is 3.28. The number of anilines is 1. The summed E-state index contributed by atoms with van der Waals surface area (Å²) >= 11 is 0. The van der Waals surface area contributed by atoms with E-state index in [9.17, 15) is 4.79 Å². The van der Waals surface area contributed by atoms with E-state index in [1.807, 2.05) is 36.4 Å². The third-order valence-corrected chi connectivity index (χ3v) is 3.28. The molecular formula is C16H13N7O. The average Bonchev–Trinajstić information content (AvgIpc) is 2.62. The van der Waals surface area contributed by atoms with Crippen molar-refractivity contribution >= 4 is 5.95 Å². The van der Waals surface area contributed by atoms with Crippen molar-refractivity contribution in [2.75, 3.05) is 5.01 Å². The van der Waals surface area contributed by atoms with Gasteiger partial charge in [-0.1, -0.05) is 30.3 Å². The van der Waals surface area contributed by atoms with E-state index in [1.165, 1.54) is 17.5 Å². The number of nitrogens with two attached hydrogens (primary N) is 1. The van der Waals surface area contributed by atoms with Crippen LogP contribution in [0.4, 0.5) is 5.95 Å². The molecule has 8 heteroatoms. The zero-order chi connectivity index (χ0) is 16.9. The van der Waals surface area contributed by atoms with E-state index in [1.54, 1.807) is 12.1 Å². The fourth-order valence-corrected chi connectivity index (χ4v) is 2.14. The number of pyridine rings is 1. The molecule has 2 aromatic heterocycles. The molecule has 0 aliphatic heterocycles. The summed E-state index contributed by atoms with van der Waals surface area (Å²) in [5.41, 5.74) is 0.604. The Labute approximate surface area is 137 Å². The zero-order valence-electron chi connectivity index (χ0n) is 12.6. The number of rotatable bonds is 4. The summed E-state index contributed by atoms with van der Waals surface area (Å²) in [5, 5.41) is 10.4. The van der Waals surface area contributed by atoms with Crippen LogP contribution in [0.1, 0.15) is 11.1 Å². The van der Waals surface area contributed by atoms with Gasteiger partial charge >= 0.3 is 5.69 Å². The summed E-state index contributed by atoms with van der Waals surface area (Å²) in [6, 6.07) is 14.7. The van der Waals surface area contributed by atoms with Crippen LogP contribution in [-0.2, 0) is 6.54 Å². The Kier molecular flexibility index (Phi) is 4.27. The molecule has 0 bridgehead atoms. The van der Waals surface area contributed by atoms with E-state index in [2.05, 4.69) is 15.0 Å². The number of hydrogen-bond donors (Lipinski definition) is 1. The lowest BCUT2D eigenvalue weighted by Gasteiger charge is -2.16. The Morgan fingerprint density at radius 2 is 1.96 bits per heavy atom. The predicted octanol–water partition coefficient (Wildman–Crippen LogP) is 0.774. The van der Waals surface area contributed by atoms with Crippen LogP contribution < -0.4 is 16.5 Å². The van der Waals surface area contributed by atoms with E-state index in [-0.39, 0.29) is 17.3 Å². The van der Waals surface area contributed by atoms with E-state index in [0.717, 1.165) is 10.1 Å². The first kappa shape index (κ1) is 15.3. The van der Waals surface area contributed by atoms with Crippen molar-refractivity contribution in [1.29, 1.82) is 5.26 Å². The molecule has 8 nitrogen and oxygen atoms in total. The van der Waals surface area contributed by atoms with Crippen molar-refractivity contribution in [3.8, 4) is 11.9 Å². The fourth-order valence-electron chi connectivity index (χ4n) is 2.14. The summed E-state index contributed by atoms with van der Waals surface area (Å²) in [7, 11) is 0. The molecule has 2 N–H and O–H groups in total. The molecular weight excluding hydrogens is 306 g/mol. The molecule has 0 amide bonds. The van der Waals surface area contributed by atoms with Crippen molar-refractivity contribution < 1.29 is 0 Å². The minimum absolute atomic E-state index is 0.0922. The van der Waals surface area contributed by atoms with E-state index >= 15 is 0 Å². The largest absolute Gasteiger partial charge is 0.357 e. The van der Waals surface area contributed by atoms with E-state index in [0.29, 0.717) is 6.54 Å². The molecule has 0 radical (unpaired) electrons. The summed E-state index contributed by atoms with van der Waals surface area (Å²) in [6.07, 6.45) is 2.75. The van der Waals surface area contributed by atoms with Gasteiger partial charge in [0.1, 0.15) is 12.4 Å². The maximum absolute atomic E-state index is 12.2. The fraction of sp³-hybridized carbons (Fsp3) is 0.0625. The lowest BCUT2D eigenvalue weighted by molar-refractivity contribution is 0.757. The van der Waals surface area contributed by atoms with Crippen LogP contribution in [0.25, 0.3) is 5.82 Å². The monoisotopic (exact) mass is 319 g/mol. The molecule has 3 rings (SSSR count). The number of nitriles is 1. The van der Waals surface area contributed by atoms with Gasteiger partial charge in [0, 0.05) is 6.20 Å². The number of aromatic nitrogens is 4. The Morgan fingerprint density at radius 3 is 2.67 bits per heavy atom. The van der Waals surface area contributed by atoms with Crippen molar-refractivity contribution in [3.63, 3.8) is 0 Å². The third kappa shape index (κ3) is 3.11. The number of benzene rings is 1. The summed E-state index contributed by atoms with van der Waals surface area (Å²) < 4.78 is 1.11. The second-order valence-corrected chi connectivity index (χ2v) is 4.91. The van der Waals surface area contributed by atoms with Crippen molar-refractivity contribution in [2.24, 2.45) is 5.84 Å². The minimum atomic E-state index is -0.612. The first-order valence-electron chi connectivity index (χ1n) is 7.06. The Bertz CT molecular complexity index is 946. The maximum Gasteiger partial charge on any atom is 0.357 e. The molecule has 0 fully saturated rings. The highest BCUT2D eigenvalue weighted by Gasteiger charge is 2.12. The Hall–Kier alpha value is -3.57. The predicted molar refractivity (Wildman–Crippen MR) is 87.0 cm³/mol. The van der Waals surface area contributed by atoms with Gasteiger partial charge in [-0.25, -0.2) is 25.2 Å². The zero-order valence-corrected chi connectivity index (χ0v) is 12.6. The van der Waals surface area contributed by atoms with E-state index in [4.69, 9.17) is 11.1 Å². The summed E-state index contributed by atoms with van der Waals surface area (Å²) in [4.78, 5) is 24.2. The number of nitrogens with zero attached hydrogens (tertiary/aromatic N) is 6. The lowest BCUT2D eigenvalue weighted by atomic mass is 10.2. The second-order valence-electron chi connectivity index (χ2n) is 4.91. The number of hydrazine groups is 1. The molecule has 0 aliphatic carbocycles. The van der Waals surface area contributed by atoms with Gasteiger partial charge in [-0.3, -0.25) is 5.01 Å². The highest BCUT2D eigenvalue weighted by molar-refractivity contribution is 5.43. The minimum Gasteiger partial charge on any atom is -0.274 e. The van der Waals surface area contributed by atoms with Crippen LogP contribution >= 0.6 is 0 Å². The lowest BCUT2D eigenvalue weighted by Crippen LogP contribution is -2.35. The average molecular weight is 319 g/mol. The van der Waals surface area contributed by atoms with Gasteiger partial charge in [-0.15, -0.1) is 0 Å². The van der Waals surface area contributed by atoms with Gasteiger partial charge in [-0.2, -0.15) is 10.2 Å². The topological polar surface area (TPSA) is 114 Å². The van der Waals surface area contributed by atoms with Crippen molar-refractivity contribution in [1.82, 2.24) is 19.5 Å². The molecule has 0 atom stereocenters. The molecule has 0 unspecified atom stereocenters. The van der Waals surface area contributed by atoms with Gasteiger partial charge in [-0.05, 0) is 17.7 Å². The second kappa shape index (κ2) is 6.68. The highest BCUT2D eigenvalue weighted by atomic mass is 16.1. The first-order valence-corrected chi connectivity index (χ1v) is 7.06. The van der Waals surface area contributed by atoms with Crippen LogP contribution in [0.3, 0.4) is 0 Å². The Balaban J connectivity index is 1.90. The normalized spacial score (nSPS) is 10.2. The molecule has 0 saturated carbocycles. The van der Waals surface area contributed by atoms with Crippen LogP contribution in [0.5, 0.6) is 0 Å². The molecule has 3 aromatic rings. The van der Waals surface area contributed by atoms with Gasteiger partial charge in [0.2, 0.25) is 5.95 Å². The Morgan fingerprint density at radius 1 is 1.17 bits per heavy atom. The van der Waals surface area contributed by atoms with Gasteiger partial charge < -0.3 is 0 Å². The van der Waals surface area contributed by atoms with E-state index < -0.39 is 5.69 Å². The van der Waals surface area contributed by atoms with Gasteiger partial charge in [0.05, 0.1) is 12.1 Å². The maximum atomic E-state index is 12.2. The molecule has 0 saturated heterocycles. The number of hydrogen-bond acceptors (Lipinski definition) is 7. The summed E-state index contributed by atoms with van der Waals surface area (Å²) in [6.45, 7) is 0.358. The van der Waals surface area contributed by atoms with Crippen LogP contribution in [-0.4, -0.2) is 19.5 Å². The smallest absolute Gasteiger partial charge is 0.274 e. The van der Waals surface area contributed by atoms with Crippen LogP contribution in [0.15, 0.2) is 59.8 Å². The molecule has 1 aromatic carbocycles. The van der Waals surface area contributed by atoms with Crippen molar-refractivity contribution in [3.05, 3.63) is 76.6 Å². The van der Waals surface area contributed by atoms with Gasteiger partial charge in [0.15, 0.2) is 5.82 Å².